The number of carbonyl (C=O) groups excluding carboxylic acids is 1. The van der Waals surface area contributed by atoms with Gasteiger partial charge in [-0.05, 0) is 54.2 Å². The molecule has 6 nitrogen and oxygen atoms in total. The fourth-order valence-electron chi connectivity index (χ4n) is 2.80. The molecule has 0 saturated carbocycles. The predicted molar refractivity (Wildman–Crippen MR) is 122 cm³/mol. The van der Waals surface area contributed by atoms with Crippen molar-refractivity contribution in [2.45, 2.75) is 0 Å². The average molecular weight is 434 g/mol. The van der Waals surface area contributed by atoms with Gasteiger partial charge < -0.3 is 5.32 Å². The van der Waals surface area contributed by atoms with E-state index in [-0.39, 0.29) is 5.91 Å². The van der Waals surface area contributed by atoms with E-state index in [1.807, 2.05) is 54.6 Å². The molecule has 4 rings (SSSR count). The maximum Gasteiger partial charge on any atom is 0.255 e. The highest BCUT2D eigenvalue weighted by Crippen LogP contribution is 2.17. The van der Waals surface area contributed by atoms with Crippen LogP contribution in [0.3, 0.4) is 0 Å². The van der Waals surface area contributed by atoms with Crippen molar-refractivity contribution in [3.63, 3.8) is 0 Å². The number of nitrogens with zero attached hydrogens (tertiary/aromatic N) is 3. The molecule has 1 aromatic heterocycles. The van der Waals surface area contributed by atoms with E-state index in [0.29, 0.717) is 26.9 Å². The van der Waals surface area contributed by atoms with Crippen molar-refractivity contribution >= 4 is 41.6 Å². The molecule has 0 aliphatic heterocycles. The number of benzene rings is 3. The molecule has 0 spiro atoms. The number of rotatable bonds is 5. The molecule has 0 unspecified atom stereocenters. The number of carbonyl (C=O) groups is 1. The molecule has 1 heterocycles. The van der Waals surface area contributed by atoms with Gasteiger partial charge in [-0.15, -0.1) is 0 Å². The Morgan fingerprint density at radius 2 is 1.83 bits per heavy atom. The molecule has 0 aliphatic carbocycles. The number of nitrogens with one attached hydrogen (secondary N) is 2. The Hall–Kier alpha value is -3.55. The number of amides is 1. The van der Waals surface area contributed by atoms with Crippen molar-refractivity contribution < 1.29 is 4.79 Å². The summed E-state index contributed by atoms with van der Waals surface area (Å²) in [5, 5.41) is 14.9. The van der Waals surface area contributed by atoms with Gasteiger partial charge in [-0.2, -0.15) is 14.9 Å². The van der Waals surface area contributed by atoms with E-state index in [1.54, 1.807) is 35.2 Å². The van der Waals surface area contributed by atoms with Crippen molar-refractivity contribution in [2.24, 2.45) is 5.10 Å². The lowest BCUT2D eigenvalue weighted by Gasteiger charge is -2.06. The number of hydrogen-bond acceptors (Lipinski definition) is 4. The Morgan fingerprint density at radius 1 is 1.07 bits per heavy atom. The third kappa shape index (κ3) is 4.53. The van der Waals surface area contributed by atoms with Crippen LogP contribution in [0.4, 0.5) is 5.69 Å². The standard InChI is InChI=1S/C22H16ClN5OS/c23-18-11-9-17(10-12-18)21(29)25-19-8-4-5-15(13-19)14-24-28-20(26-27-22(28)30)16-6-2-1-3-7-16/h1-14H,(H,25,29)(H,27,30)/b24-14+. The first-order chi connectivity index (χ1) is 14.6. The van der Waals surface area contributed by atoms with E-state index in [0.717, 1.165) is 11.1 Å². The van der Waals surface area contributed by atoms with Crippen LogP contribution in [0.2, 0.25) is 5.02 Å². The van der Waals surface area contributed by atoms with Crippen LogP contribution in [0, 0.1) is 4.77 Å². The van der Waals surface area contributed by atoms with Crippen molar-refractivity contribution in [3.8, 4) is 11.4 Å². The zero-order valence-electron chi connectivity index (χ0n) is 15.6. The van der Waals surface area contributed by atoms with E-state index in [2.05, 4.69) is 20.6 Å². The van der Waals surface area contributed by atoms with Gasteiger partial charge in [0.05, 0.1) is 6.21 Å². The molecule has 0 aliphatic rings. The van der Waals surface area contributed by atoms with Gasteiger partial charge in [-0.3, -0.25) is 4.79 Å². The highest BCUT2D eigenvalue weighted by molar-refractivity contribution is 7.71. The third-order valence-electron chi connectivity index (χ3n) is 4.26. The Labute approximate surface area is 182 Å². The first-order valence-electron chi connectivity index (χ1n) is 9.04. The molecule has 4 aromatic rings. The van der Waals surface area contributed by atoms with Crippen molar-refractivity contribution in [3.05, 3.63) is 99.8 Å². The number of hydrogen-bond donors (Lipinski definition) is 2. The normalized spacial score (nSPS) is 11.0. The minimum absolute atomic E-state index is 0.218. The highest BCUT2D eigenvalue weighted by Gasteiger charge is 2.08. The Kier molecular flexibility index (Phi) is 5.83. The summed E-state index contributed by atoms with van der Waals surface area (Å²) < 4.78 is 1.95. The first kappa shape index (κ1) is 19.8. The molecule has 2 N–H and O–H groups in total. The van der Waals surface area contributed by atoms with Crippen molar-refractivity contribution in [1.29, 1.82) is 0 Å². The largest absolute Gasteiger partial charge is 0.322 e. The summed E-state index contributed by atoms with van der Waals surface area (Å²) in [5.41, 5.74) is 2.87. The zero-order valence-corrected chi connectivity index (χ0v) is 17.2. The molecule has 0 saturated heterocycles. The Bertz CT molecular complexity index is 1260. The second kappa shape index (κ2) is 8.86. The van der Waals surface area contributed by atoms with Crippen molar-refractivity contribution in [1.82, 2.24) is 14.9 Å². The molecule has 8 heteroatoms. The lowest BCUT2D eigenvalue weighted by atomic mass is 10.2. The summed E-state index contributed by atoms with van der Waals surface area (Å²) in [6.07, 6.45) is 1.66. The van der Waals surface area contributed by atoms with E-state index in [4.69, 9.17) is 23.8 Å². The van der Waals surface area contributed by atoms with E-state index < -0.39 is 0 Å². The molecule has 3 aromatic carbocycles. The Morgan fingerprint density at radius 3 is 2.60 bits per heavy atom. The predicted octanol–water partition coefficient (Wildman–Crippen LogP) is 5.40. The van der Waals surface area contributed by atoms with Crippen LogP contribution in [0.15, 0.2) is 84.0 Å². The highest BCUT2D eigenvalue weighted by atomic mass is 35.5. The van der Waals surface area contributed by atoms with Crippen LogP contribution in [-0.4, -0.2) is 27.0 Å². The Balaban J connectivity index is 1.55. The SMILES string of the molecule is O=C(Nc1cccc(/C=N/n2c(-c3ccccc3)n[nH]c2=S)c1)c1ccc(Cl)cc1. The van der Waals surface area contributed by atoms with Gasteiger partial charge in [0, 0.05) is 21.8 Å². The molecule has 0 fully saturated rings. The molecule has 0 bridgehead atoms. The van der Waals surface area contributed by atoms with E-state index >= 15 is 0 Å². The number of halogens is 1. The summed E-state index contributed by atoms with van der Waals surface area (Å²) in [4.78, 5) is 12.4. The lowest BCUT2D eigenvalue weighted by Crippen LogP contribution is -2.11. The lowest BCUT2D eigenvalue weighted by molar-refractivity contribution is 0.102. The van der Waals surface area contributed by atoms with E-state index in [9.17, 15) is 4.79 Å². The number of H-pyrrole nitrogens is 1. The average Bonchev–Trinajstić information content (AvgIpc) is 3.14. The monoisotopic (exact) mass is 433 g/mol. The molecule has 0 radical (unpaired) electrons. The molecular weight excluding hydrogens is 418 g/mol. The van der Waals surface area contributed by atoms with Crippen LogP contribution in [0.5, 0.6) is 0 Å². The minimum Gasteiger partial charge on any atom is -0.322 e. The van der Waals surface area contributed by atoms with Gasteiger partial charge in [0.2, 0.25) is 4.77 Å². The van der Waals surface area contributed by atoms with Gasteiger partial charge >= 0.3 is 0 Å². The molecule has 0 atom stereocenters. The van der Waals surface area contributed by atoms with Crippen LogP contribution < -0.4 is 5.32 Å². The maximum atomic E-state index is 12.4. The fourth-order valence-corrected chi connectivity index (χ4v) is 3.10. The second-order valence-corrected chi connectivity index (χ2v) is 7.18. The van der Waals surface area contributed by atoms with Gasteiger partial charge in [0.1, 0.15) is 0 Å². The summed E-state index contributed by atoms with van der Waals surface area (Å²) in [6, 6.07) is 23.7. The zero-order chi connectivity index (χ0) is 20.9. The number of anilines is 1. The third-order valence-corrected chi connectivity index (χ3v) is 4.77. The maximum absolute atomic E-state index is 12.4. The van der Waals surface area contributed by atoms with Crippen LogP contribution in [0.25, 0.3) is 11.4 Å². The number of aromatic amines is 1. The molecular formula is C22H16ClN5OS. The fraction of sp³-hybridized carbons (Fsp3) is 0. The number of aromatic nitrogens is 3. The quantitative estimate of drug-likeness (QED) is 0.327. The summed E-state index contributed by atoms with van der Waals surface area (Å²) in [5.74, 6) is 0.396. The molecule has 148 valence electrons. The van der Waals surface area contributed by atoms with Crippen LogP contribution >= 0.6 is 23.8 Å². The molecule has 1 amide bonds. The molecule has 30 heavy (non-hydrogen) atoms. The van der Waals surface area contributed by atoms with Crippen LogP contribution in [0.1, 0.15) is 15.9 Å². The smallest absolute Gasteiger partial charge is 0.255 e. The van der Waals surface area contributed by atoms with Crippen LogP contribution in [-0.2, 0) is 0 Å². The topological polar surface area (TPSA) is 75.1 Å². The van der Waals surface area contributed by atoms with Gasteiger partial charge in [-0.1, -0.05) is 54.1 Å². The first-order valence-corrected chi connectivity index (χ1v) is 9.83. The minimum atomic E-state index is -0.218. The van der Waals surface area contributed by atoms with E-state index in [1.165, 1.54) is 0 Å². The summed E-state index contributed by atoms with van der Waals surface area (Å²) >= 11 is 11.2. The summed E-state index contributed by atoms with van der Waals surface area (Å²) in [7, 11) is 0. The van der Waals surface area contributed by atoms with Gasteiger partial charge in [-0.25, -0.2) is 5.10 Å². The van der Waals surface area contributed by atoms with Crippen molar-refractivity contribution in [2.75, 3.05) is 5.32 Å². The second-order valence-electron chi connectivity index (χ2n) is 6.36. The summed E-state index contributed by atoms with van der Waals surface area (Å²) in [6.45, 7) is 0. The van der Waals surface area contributed by atoms with Gasteiger partial charge in [0.15, 0.2) is 5.82 Å². The van der Waals surface area contributed by atoms with Gasteiger partial charge in [0.25, 0.3) is 5.91 Å².